The second-order valence-electron chi connectivity index (χ2n) is 9.66. The molecular formula is C28H31NO7S. The van der Waals surface area contributed by atoms with Crippen LogP contribution in [0.1, 0.15) is 31.9 Å². The summed E-state index contributed by atoms with van der Waals surface area (Å²) in [6.45, 7) is 6.12. The minimum absolute atomic E-state index is 0.00114. The molecule has 1 aliphatic heterocycles. The van der Waals surface area contributed by atoms with Gasteiger partial charge < -0.3 is 18.9 Å². The second-order valence-corrected chi connectivity index (χ2v) is 11.5. The van der Waals surface area contributed by atoms with Crippen molar-refractivity contribution < 1.29 is 32.2 Å². The SMILES string of the molecule is CC(C)(C)OC(=O)N(c1cc(OC[C@@H]2CO2)ccc1OCc1ccccc1)S(=O)(=O)Cc1ccccc1. The zero-order valence-corrected chi connectivity index (χ0v) is 21.9. The van der Waals surface area contributed by atoms with Crippen molar-refractivity contribution in [2.75, 3.05) is 17.5 Å². The molecule has 1 fully saturated rings. The predicted octanol–water partition coefficient (Wildman–Crippen LogP) is 5.31. The van der Waals surface area contributed by atoms with Gasteiger partial charge in [-0.05, 0) is 44.0 Å². The maximum absolute atomic E-state index is 13.8. The van der Waals surface area contributed by atoms with Gasteiger partial charge in [0.05, 0.1) is 12.4 Å². The van der Waals surface area contributed by atoms with E-state index in [4.69, 9.17) is 18.9 Å². The number of epoxide rings is 1. The molecule has 0 unspecified atom stereocenters. The van der Waals surface area contributed by atoms with Gasteiger partial charge in [-0.3, -0.25) is 0 Å². The van der Waals surface area contributed by atoms with Gasteiger partial charge >= 0.3 is 6.09 Å². The molecule has 1 saturated heterocycles. The highest BCUT2D eigenvalue weighted by atomic mass is 32.2. The van der Waals surface area contributed by atoms with Crippen LogP contribution in [0, 0.1) is 0 Å². The summed E-state index contributed by atoms with van der Waals surface area (Å²) in [5.74, 6) is 0.161. The molecule has 0 aromatic heterocycles. The van der Waals surface area contributed by atoms with E-state index in [1.807, 2.05) is 30.3 Å². The van der Waals surface area contributed by atoms with Gasteiger partial charge in [0.15, 0.2) is 0 Å². The fourth-order valence-electron chi connectivity index (χ4n) is 3.47. The number of amides is 1. The average Bonchev–Trinajstić information content (AvgIpc) is 3.66. The van der Waals surface area contributed by atoms with E-state index in [9.17, 15) is 13.2 Å². The Bertz CT molecular complexity index is 1300. The monoisotopic (exact) mass is 525 g/mol. The van der Waals surface area contributed by atoms with Crippen molar-refractivity contribution in [1.29, 1.82) is 0 Å². The zero-order chi connectivity index (χ0) is 26.5. The lowest BCUT2D eigenvalue weighted by Gasteiger charge is -2.28. The molecule has 4 rings (SSSR count). The summed E-state index contributed by atoms with van der Waals surface area (Å²) in [4.78, 5) is 13.4. The molecule has 1 amide bonds. The molecule has 1 aliphatic rings. The van der Waals surface area contributed by atoms with Crippen LogP contribution in [0.2, 0.25) is 0 Å². The standard InChI is InChI=1S/C28H31NO7S/c1-28(2,3)36-27(30)29(37(31,32)20-22-12-8-5-9-13-22)25-16-23(33-18-24-19-34-24)14-15-26(25)35-17-21-10-6-4-7-11-21/h4-16,24H,17-20H2,1-3H3/t24-/m1/s1. The summed E-state index contributed by atoms with van der Waals surface area (Å²) in [7, 11) is -4.24. The van der Waals surface area contributed by atoms with Gasteiger partial charge in [0, 0.05) is 6.07 Å². The number of anilines is 1. The van der Waals surface area contributed by atoms with E-state index < -0.39 is 27.5 Å². The number of rotatable bonds is 10. The van der Waals surface area contributed by atoms with Crippen LogP contribution in [0.5, 0.6) is 11.5 Å². The quantitative estimate of drug-likeness (QED) is 0.331. The fourth-order valence-corrected chi connectivity index (χ4v) is 4.92. The lowest BCUT2D eigenvalue weighted by molar-refractivity contribution is 0.0608. The fraction of sp³-hybridized carbons (Fsp3) is 0.321. The van der Waals surface area contributed by atoms with Crippen LogP contribution in [0.4, 0.5) is 10.5 Å². The highest BCUT2D eigenvalue weighted by molar-refractivity contribution is 7.92. The Morgan fingerprint density at radius 2 is 1.57 bits per heavy atom. The number of benzene rings is 3. The van der Waals surface area contributed by atoms with E-state index >= 15 is 0 Å². The van der Waals surface area contributed by atoms with Crippen molar-refractivity contribution >= 4 is 21.8 Å². The lowest BCUT2D eigenvalue weighted by atomic mass is 10.2. The third-order valence-electron chi connectivity index (χ3n) is 5.25. The highest BCUT2D eigenvalue weighted by Gasteiger charge is 2.36. The van der Waals surface area contributed by atoms with Crippen molar-refractivity contribution in [2.45, 2.75) is 44.8 Å². The molecule has 0 aliphatic carbocycles. The number of carbonyl (C=O) groups is 1. The van der Waals surface area contributed by atoms with E-state index in [-0.39, 0.29) is 24.1 Å². The molecule has 0 radical (unpaired) electrons. The normalized spacial score (nSPS) is 15.1. The van der Waals surface area contributed by atoms with E-state index in [0.29, 0.717) is 28.8 Å². The number of nitrogens with zero attached hydrogens (tertiary/aromatic N) is 1. The van der Waals surface area contributed by atoms with Gasteiger partial charge in [-0.25, -0.2) is 13.2 Å². The zero-order valence-electron chi connectivity index (χ0n) is 21.1. The van der Waals surface area contributed by atoms with Crippen molar-refractivity contribution in [3.8, 4) is 11.5 Å². The summed E-state index contributed by atoms with van der Waals surface area (Å²) in [6, 6.07) is 22.8. The van der Waals surface area contributed by atoms with Crippen LogP contribution in [0.3, 0.4) is 0 Å². The molecule has 1 atom stereocenters. The first-order valence-corrected chi connectivity index (χ1v) is 13.6. The molecule has 3 aromatic rings. The summed E-state index contributed by atoms with van der Waals surface area (Å²) < 4.78 is 50.7. The molecule has 0 spiro atoms. The van der Waals surface area contributed by atoms with Gasteiger partial charge in [-0.15, -0.1) is 0 Å². The maximum atomic E-state index is 13.8. The molecule has 0 saturated carbocycles. The smallest absolute Gasteiger partial charge is 0.429 e. The van der Waals surface area contributed by atoms with Crippen molar-refractivity contribution in [1.82, 2.24) is 0 Å². The Labute approximate surface area is 217 Å². The van der Waals surface area contributed by atoms with Crippen LogP contribution in [0.15, 0.2) is 78.9 Å². The maximum Gasteiger partial charge on any atom is 0.429 e. The summed E-state index contributed by atoms with van der Waals surface area (Å²) in [5, 5.41) is 0. The Morgan fingerprint density at radius 1 is 0.946 bits per heavy atom. The number of carbonyl (C=O) groups excluding carboxylic acids is 1. The number of hydrogen-bond donors (Lipinski definition) is 0. The van der Waals surface area contributed by atoms with E-state index in [0.717, 1.165) is 5.56 Å². The third-order valence-corrected chi connectivity index (χ3v) is 6.85. The summed E-state index contributed by atoms with van der Waals surface area (Å²) in [5.41, 5.74) is 0.493. The lowest BCUT2D eigenvalue weighted by Crippen LogP contribution is -2.41. The van der Waals surface area contributed by atoms with E-state index in [2.05, 4.69) is 0 Å². The van der Waals surface area contributed by atoms with Crippen molar-refractivity contribution in [3.05, 3.63) is 90.0 Å². The van der Waals surface area contributed by atoms with Crippen molar-refractivity contribution in [3.63, 3.8) is 0 Å². The van der Waals surface area contributed by atoms with Crippen LogP contribution in [-0.4, -0.2) is 39.4 Å². The molecule has 37 heavy (non-hydrogen) atoms. The molecule has 3 aromatic carbocycles. The molecule has 0 bridgehead atoms. The Hall–Kier alpha value is -3.56. The van der Waals surface area contributed by atoms with Crippen LogP contribution in [-0.2, 0) is 31.9 Å². The van der Waals surface area contributed by atoms with Gasteiger partial charge in [-0.1, -0.05) is 60.7 Å². The van der Waals surface area contributed by atoms with Gasteiger partial charge in [0.25, 0.3) is 0 Å². The summed E-state index contributed by atoms with van der Waals surface area (Å²) in [6.07, 6.45) is -1.03. The van der Waals surface area contributed by atoms with Crippen LogP contribution >= 0.6 is 0 Å². The minimum Gasteiger partial charge on any atom is -0.491 e. The first kappa shape index (κ1) is 26.5. The topological polar surface area (TPSA) is 94.7 Å². The molecule has 0 N–H and O–H groups in total. The third kappa shape index (κ3) is 7.71. The molecule has 1 heterocycles. The summed E-state index contributed by atoms with van der Waals surface area (Å²) >= 11 is 0. The van der Waals surface area contributed by atoms with Crippen LogP contribution in [0.25, 0.3) is 0 Å². The minimum atomic E-state index is -4.24. The predicted molar refractivity (Wildman–Crippen MR) is 140 cm³/mol. The largest absolute Gasteiger partial charge is 0.491 e. The Balaban J connectivity index is 1.74. The number of hydrogen-bond acceptors (Lipinski definition) is 7. The molecule has 9 heteroatoms. The van der Waals surface area contributed by atoms with Crippen LogP contribution < -0.4 is 13.8 Å². The Kier molecular flexibility index (Phi) is 8.04. The second kappa shape index (κ2) is 11.2. The van der Waals surface area contributed by atoms with E-state index in [1.165, 1.54) is 6.07 Å². The van der Waals surface area contributed by atoms with Crippen molar-refractivity contribution in [2.24, 2.45) is 0 Å². The molecular weight excluding hydrogens is 494 g/mol. The number of ether oxygens (including phenoxy) is 4. The average molecular weight is 526 g/mol. The molecule has 8 nitrogen and oxygen atoms in total. The van der Waals surface area contributed by atoms with Gasteiger partial charge in [0.2, 0.25) is 10.0 Å². The van der Waals surface area contributed by atoms with Gasteiger partial charge in [0.1, 0.15) is 42.1 Å². The first-order valence-electron chi connectivity index (χ1n) is 12.0. The molecule has 196 valence electrons. The number of sulfonamides is 1. The van der Waals surface area contributed by atoms with Gasteiger partial charge in [-0.2, -0.15) is 4.31 Å². The van der Waals surface area contributed by atoms with E-state index in [1.54, 1.807) is 63.2 Å². The Morgan fingerprint density at radius 3 is 2.16 bits per heavy atom. The highest BCUT2D eigenvalue weighted by Crippen LogP contribution is 2.37. The first-order chi connectivity index (χ1) is 17.6.